The van der Waals surface area contributed by atoms with E-state index in [1.807, 2.05) is 0 Å². The highest BCUT2D eigenvalue weighted by molar-refractivity contribution is 5.55. The number of benzene rings is 1. The highest BCUT2D eigenvalue weighted by atomic mass is 19.4. The summed E-state index contributed by atoms with van der Waals surface area (Å²) in [6.07, 6.45) is -10.1. The lowest BCUT2D eigenvalue weighted by molar-refractivity contribution is -0.147. The molecule has 0 saturated carbocycles. The quantitative estimate of drug-likeness (QED) is 0.399. The summed E-state index contributed by atoms with van der Waals surface area (Å²) < 4.78 is 85.7. The topological polar surface area (TPSA) is 44.5 Å². The summed E-state index contributed by atoms with van der Waals surface area (Å²) in [5, 5.41) is 0. The zero-order valence-electron chi connectivity index (χ0n) is 10.2. The maximum Gasteiger partial charge on any atom is 0.420 e. The molecule has 0 fully saturated rings. The van der Waals surface area contributed by atoms with Gasteiger partial charge in [-0.3, -0.25) is 0 Å². The molecule has 0 amide bonds. The standard InChI is InChI=1S/C11H11F6NO2/c1-2-19-5-20-9-7(10(12,13)14)3-6(18)4-8(9)11(15,16)17/h3-4H,2,5,18H2,1H3. The van der Waals surface area contributed by atoms with E-state index in [4.69, 9.17) is 5.73 Å². The number of nitrogen functional groups attached to an aromatic ring is 1. The molecule has 114 valence electrons. The fraction of sp³-hybridized carbons (Fsp3) is 0.455. The summed E-state index contributed by atoms with van der Waals surface area (Å²) >= 11 is 0. The zero-order chi connectivity index (χ0) is 15.6. The van der Waals surface area contributed by atoms with Gasteiger partial charge in [0.1, 0.15) is 16.9 Å². The Bertz CT molecular complexity index is 434. The number of hydrogen-bond acceptors (Lipinski definition) is 3. The Morgan fingerprint density at radius 1 is 1.00 bits per heavy atom. The lowest BCUT2D eigenvalue weighted by Crippen LogP contribution is -2.17. The average molecular weight is 303 g/mol. The summed E-state index contributed by atoms with van der Waals surface area (Å²) in [7, 11) is 0. The van der Waals surface area contributed by atoms with Gasteiger partial charge in [-0.05, 0) is 19.1 Å². The summed E-state index contributed by atoms with van der Waals surface area (Å²) in [6.45, 7) is 0.867. The van der Waals surface area contributed by atoms with E-state index >= 15 is 0 Å². The van der Waals surface area contributed by atoms with E-state index in [2.05, 4.69) is 9.47 Å². The molecule has 0 aliphatic rings. The Kier molecular flexibility index (Phi) is 4.74. The first-order chi connectivity index (χ1) is 9.07. The normalized spacial score (nSPS) is 12.6. The SMILES string of the molecule is CCOCOc1c(C(F)(F)F)cc(N)cc1C(F)(F)F. The minimum Gasteiger partial charge on any atom is -0.466 e. The van der Waals surface area contributed by atoms with E-state index in [9.17, 15) is 26.3 Å². The predicted molar refractivity (Wildman–Crippen MR) is 58.0 cm³/mol. The number of nitrogens with two attached hydrogens (primary N) is 1. The average Bonchev–Trinajstić information content (AvgIpc) is 2.28. The number of halogens is 6. The molecule has 1 aromatic rings. The van der Waals surface area contributed by atoms with Crippen LogP contribution in [0.25, 0.3) is 0 Å². The second-order valence-corrected chi connectivity index (χ2v) is 3.70. The minimum absolute atomic E-state index is 0.0810. The first-order valence-electron chi connectivity index (χ1n) is 5.35. The van der Waals surface area contributed by atoms with E-state index in [-0.39, 0.29) is 6.61 Å². The van der Waals surface area contributed by atoms with Crippen molar-refractivity contribution in [1.82, 2.24) is 0 Å². The Hall–Kier alpha value is -1.64. The van der Waals surface area contributed by atoms with Crippen molar-refractivity contribution in [3.63, 3.8) is 0 Å². The van der Waals surface area contributed by atoms with Crippen LogP contribution in [-0.4, -0.2) is 13.4 Å². The van der Waals surface area contributed by atoms with Gasteiger partial charge < -0.3 is 15.2 Å². The third kappa shape index (κ3) is 3.92. The number of ether oxygens (including phenoxy) is 2. The molecule has 0 heterocycles. The second-order valence-electron chi connectivity index (χ2n) is 3.70. The third-order valence-electron chi connectivity index (χ3n) is 2.21. The lowest BCUT2D eigenvalue weighted by Gasteiger charge is -2.19. The molecule has 3 nitrogen and oxygen atoms in total. The molecule has 0 aliphatic carbocycles. The molecule has 0 atom stereocenters. The van der Waals surface area contributed by atoms with Crippen molar-refractivity contribution < 1.29 is 35.8 Å². The lowest BCUT2D eigenvalue weighted by atomic mass is 10.1. The molecule has 0 aliphatic heterocycles. The van der Waals surface area contributed by atoms with E-state index < -0.39 is 41.7 Å². The van der Waals surface area contributed by atoms with Gasteiger partial charge in [-0.15, -0.1) is 0 Å². The highest BCUT2D eigenvalue weighted by Crippen LogP contribution is 2.45. The van der Waals surface area contributed by atoms with E-state index in [0.717, 1.165) is 0 Å². The van der Waals surface area contributed by atoms with E-state index in [0.29, 0.717) is 12.1 Å². The number of anilines is 1. The van der Waals surface area contributed by atoms with Crippen molar-refractivity contribution in [2.45, 2.75) is 19.3 Å². The van der Waals surface area contributed by atoms with Crippen LogP contribution in [0.1, 0.15) is 18.1 Å². The largest absolute Gasteiger partial charge is 0.466 e. The van der Waals surface area contributed by atoms with E-state index in [1.165, 1.54) is 6.92 Å². The van der Waals surface area contributed by atoms with Gasteiger partial charge in [-0.25, -0.2) is 0 Å². The van der Waals surface area contributed by atoms with Crippen LogP contribution < -0.4 is 10.5 Å². The van der Waals surface area contributed by atoms with Crippen molar-refractivity contribution in [2.75, 3.05) is 19.1 Å². The Morgan fingerprint density at radius 2 is 1.45 bits per heavy atom. The highest BCUT2D eigenvalue weighted by Gasteiger charge is 2.42. The van der Waals surface area contributed by atoms with Crippen LogP contribution in [0.15, 0.2) is 12.1 Å². The third-order valence-corrected chi connectivity index (χ3v) is 2.21. The second kappa shape index (κ2) is 5.78. The van der Waals surface area contributed by atoms with Crippen LogP contribution in [0.5, 0.6) is 5.75 Å². The molecule has 1 aromatic carbocycles. The van der Waals surface area contributed by atoms with Gasteiger partial charge in [0.15, 0.2) is 6.79 Å². The van der Waals surface area contributed by atoms with Crippen molar-refractivity contribution in [3.8, 4) is 5.75 Å². The van der Waals surface area contributed by atoms with Gasteiger partial charge in [-0.2, -0.15) is 26.3 Å². The summed E-state index contributed by atoms with van der Waals surface area (Å²) in [6, 6.07) is 0.771. The van der Waals surface area contributed by atoms with Crippen molar-refractivity contribution >= 4 is 5.69 Å². The molecule has 1 rings (SSSR count). The zero-order valence-corrected chi connectivity index (χ0v) is 10.2. The van der Waals surface area contributed by atoms with Crippen molar-refractivity contribution in [3.05, 3.63) is 23.3 Å². The molecule has 0 aromatic heterocycles. The van der Waals surface area contributed by atoms with Crippen molar-refractivity contribution in [2.24, 2.45) is 0 Å². The molecule has 0 unspecified atom stereocenters. The smallest absolute Gasteiger partial charge is 0.420 e. The molecule has 0 saturated heterocycles. The Balaban J connectivity index is 3.38. The molecular weight excluding hydrogens is 292 g/mol. The number of rotatable bonds is 4. The van der Waals surface area contributed by atoms with Gasteiger partial charge in [0.05, 0.1) is 0 Å². The fourth-order valence-electron chi connectivity index (χ4n) is 1.41. The van der Waals surface area contributed by atoms with Crippen LogP contribution in [0.2, 0.25) is 0 Å². The minimum atomic E-state index is -5.03. The van der Waals surface area contributed by atoms with Crippen molar-refractivity contribution in [1.29, 1.82) is 0 Å². The molecule has 0 radical (unpaired) electrons. The molecule has 9 heteroatoms. The Labute approximate surface area is 110 Å². The van der Waals surface area contributed by atoms with Crippen LogP contribution >= 0.6 is 0 Å². The van der Waals surface area contributed by atoms with Crippen LogP contribution in [0, 0.1) is 0 Å². The molecule has 0 spiro atoms. The maximum atomic E-state index is 12.8. The predicted octanol–water partition coefficient (Wildman–Crippen LogP) is 3.68. The monoisotopic (exact) mass is 303 g/mol. The number of alkyl halides is 6. The first kappa shape index (κ1) is 16.4. The van der Waals surface area contributed by atoms with Gasteiger partial charge in [0.25, 0.3) is 0 Å². The fourth-order valence-corrected chi connectivity index (χ4v) is 1.41. The van der Waals surface area contributed by atoms with E-state index in [1.54, 1.807) is 0 Å². The molecule has 20 heavy (non-hydrogen) atoms. The molecule has 0 bridgehead atoms. The van der Waals surface area contributed by atoms with Crippen LogP contribution in [0.4, 0.5) is 32.0 Å². The first-order valence-corrected chi connectivity index (χ1v) is 5.35. The summed E-state index contributed by atoms with van der Waals surface area (Å²) in [4.78, 5) is 0. The maximum absolute atomic E-state index is 12.8. The van der Waals surface area contributed by atoms with Gasteiger partial charge in [0.2, 0.25) is 0 Å². The number of hydrogen-bond donors (Lipinski definition) is 1. The van der Waals surface area contributed by atoms with Crippen LogP contribution in [-0.2, 0) is 17.1 Å². The van der Waals surface area contributed by atoms with Gasteiger partial charge in [0, 0.05) is 12.3 Å². The van der Waals surface area contributed by atoms with Gasteiger partial charge >= 0.3 is 12.4 Å². The molecule has 2 N–H and O–H groups in total. The van der Waals surface area contributed by atoms with Crippen LogP contribution in [0.3, 0.4) is 0 Å². The Morgan fingerprint density at radius 3 is 1.80 bits per heavy atom. The molecular formula is C11H11F6NO2. The summed E-state index contributed by atoms with van der Waals surface area (Å²) in [5.74, 6) is -1.34. The summed E-state index contributed by atoms with van der Waals surface area (Å²) in [5.41, 5.74) is 1.24. The van der Waals surface area contributed by atoms with Gasteiger partial charge in [-0.1, -0.05) is 0 Å².